The molecule has 1 aliphatic rings. The molecule has 2 aromatic rings. The van der Waals surface area contributed by atoms with Crippen LogP contribution >= 0.6 is 0 Å². The van der Waals surface area contributed by atoms with E-state index in [0.29, 0.717) is 0 Å². The van der Waals surface area contributed by atoms with Crippen molar-refractivity contribution in [2.75, 3.05) is 39.8 Å². The average molecular weight is 275 g/mol. The Labute approximate surface area is 118 Å². The van der Waals surface area contributed by atoms with E-state index in [1.807, 2.05) is 19.1 Å². The van der Waals surface area contributed by atoms with Gasteiger partial charge in [-0.15, -0.1) is 0 Å². The maximum atomic E-state index is 5.50. The lowest BCUT2D eigenvalue weighted by Gasteiger charge is -2.26. The molecular weight excluding hydrogens is 254 g/mol. The van der Waals surface area contributed by atoms with E-state index in [-0.39, 0.29) is 0 Å². The Morgan fingerprint density at radius 2 is 2.15 bits per heavy atom. The first-order valence-corrected chi connectivity index (χ1v) is 7.14. The summed E-state index contributed by atoms with van der Waals surface area (Å²) in [5.41, 5.74) is 2.91. The number of aryl methyl sites for hydroxylation is 1. The smallest absolute Gasteiger partial charge is 0.173 e. The highest BCUT2D eigenvalue weighted by molar-refractivity contribution is 5.84. The van der Waals surface area contributed by atoms with Crippen molar-refractivity contribution in [3.05, 3.63) is 23.4 Å². The van der Waals surface area contributed by atoms with E-state index in [0.717, 1.165) is 67.1 Å². The number of hydrogen-bond donors (Lipinski definition) is 1. The first-order chi connectivity index (χ1) is 9.79. The van der Waals surface area contributed by atoms with Crippen molar-refractivity contribution in [3.8, 4) is 5.75 Å². The number of benzene rings is 1. The molecule has 3 rings (SSSR count). The molecule has 20 heavy (non-hydrogen) atoms. The number of nitrogens with zero attached hydrogens (tertiary/aromatic N) is 2. The van der Waals surface area contributed by atoms with Gasteiger partial charge in [-0.1, -0.05) is 5.16 Å². The monoisotopic (exact) mass is 275 g/mol. The molecule has 0 amide bonds. The lowest BCUT2D eigenvalue weighted by Crippen LogP contribution is -2.44. The molecule has 0 radical (unpaired) electrons. The molecule has 5 nitrogen and oxygen atoms in total. The Kier molecular flexibility index (Phi) is 3.89. The topological polar surface area (TPSA) is 50.5 Å². The van der Waals surface area contributed by atoms with Gasteiger partial charge in [-0.3, -0.25) is 0 Å². The van der Waals surface area contributed by atoms with Crippen LogP contribution in [0.15, 0.2) is 16.7 Å². The molecule has 2 heterocycles. The van der Waals surface area contributed by atoms with Crippen LogP contribution in [0, 0.1) is 6.92 Å². The Morgan fingerprint density at radius 3 is 2.90 bits per heavy atom. The van der Waals surface area contributed by atoms with Gasteiger partial charge in [-0.25, -0.2) is 0 Å². The second-order valence-corrected chi connectivity index (χ2v) is 5.24. The van der Waals surface area contributed by atoms with Crippen LogP contribution in [-0.4, -0.2) is 49.9 Å². The number of methoxy groups -OCH3 is 1. The van der Waals surface area contributed by atoms with Crippen LogP contribution in [0.25, 0.3) is 11.0 Å². The highest BCUT2D eigenvalue weighted by Crippen LogP contribution is 2.29. The van der Waals surface area contributed by atoms with E-state index >= 15 is 0 Å². The summed E-state index contributed by atoms with van der Waals surface area (Å²) in [6, 6.07) is 4.04. The van der Waals surface area contributed by atoms with E-state index in [1.54, 1.807) is 7.11 Å². The molecule has 1 fully saturated rings. The van der Waals surface area contributed by atoms with Gasteiger partial charge in [0, 0.05) is 50.1 Å². The van der Waals surface area contributed by atoms with Crippen molar-refractivity contribution >= 4 is 11.0 Å². The van der Waals surface area contributed by atoms with E-state index in [4.69, 9.17) is 9.26 Å². The van der Waals surface area contributed by atoms with E-state index in [9.17, 15) is 0 Å². The molecule has 1 saturated heterocycles. The molecule has 1 aromatic heterocycles. The summed E-state index contributed by atoms with van der Waals surface area (Å²) < 4.78 is 10.8. The fourth-order valence-electron chi connectivity index (χ4n) is 2.77. The van der Waals surface area contributed by atoms with Crippen molar-refractivity contribution in [1.29, 1.82) is 0 Å². The maximum absolute atomic E-state index is 5.50. The van der Waals surface area contributed by atoms with Crippen LogP contribution in [0.4, 0.5) is 0 Å². The number of piperazine rings is 1. The van der Waals surface area contributed by atoms with Gasteiger partial charge in [-0.05, 0) is 19.1 Å². The normalized spacial score (nSPS) is 16.7. The Morgan fingerprint density at radius 1 is 1.35 bits per heavy atom. The average Bonchev–Trinajstić information content (AvgIpc) is 2.91. The Hall–Kier alpha value is -1.59. The minimum Gasteiger partial charge on any atom is -0.496 e. The zero-order valence-corrected chi connectivity index (χ0v) is 12.1. The number of nitrogens with one attached hydrogen (secondary N) is 1. The van der Waals surface area contributed by atoms with Crippen molar-refractivity contribution in [2.24, 2.45) is 0 Å². The van der Waals surface area contributed by atoms with Crippen molar-refractivity contribution in [2.45, 2.75) is 13.3 Å². The van der Waals surface area contributed by atoms with E-state index in [2.05, 4.69) is 15.4 Å². The Bertz CT molecular complexity index is 588. The van der Waals surface area contributed by atoms with E-state index < -0.39 is 0 Å². The molecule has 0 saturated carbocycles. The molecule has 0 aliphatic carbocycles. The van der Waals surface area contributed by atoms with Crippen LogP contribution in [0.3, 0.4) is 0 Å². The third kappa shape index (κ3) is 2.51. The third-order valence-electron chi connectivity index (χ3n) is 4.01. The lowest BCUT2D eigenvalue weighted by molar-refractivity contribution is 0.242. The molecule has 0 unspecified atom stereocenters. The zero-order chi connectivity index (χ0) is 13.9. The van der Waals surface area contributed by atoms with Gasteiger partial charge in [0.25, 0.3) is 0 Å². The predicted octanol–water partition coefficient (Wildman–Crippen LogP) is 1.59. The first kappa shape index (κ1) is 13.4. The third-order valence-corrected chi connectivity index (χ3v) is 4.01. The van der Waals surface area contributed by atoms with Crippen LogP contribution in [0.1, 0.15) is 11.3 Å². The summed E-state index contributed by atoms with van der Waals surface area (Å²) in [6.07, 6.45) is 0.929. The molecule has 1 N–H and O–H groups in total. The second kappa shape index (κ2) is 5.81. The van der Waals surface area contributed by atoms with Crippen molar-refractivity contribution < 1.29 is 9.26 Å². The molecule has 0 atom stereocenters. The van der Waals surface area contributed by atoms with Gasteiger partial charge >= 0.3 is 0 Å². The fourth-order valence-corrected chi connectivity index (χ4v) is 2.77. The lowest BCUT2D eigenvalue weighted by atomic mass is 10.1. The maximum Gasteiger partial charge on any atom is 0.173 e. The van der Waals surface area contributed by atoms with E-state index in [1.165, 1.54) is 0 Å². The molecule has 1 aromatic carbocycles. The molecule has 5 heteroatoms. The van der Waals surface area contributed by atoms with Crippen molar-refractivity contribution in [3.63, 3.8) is 0 Å². The van der Waals surface area contributed by atoms with Crippen LogP contribution in [0.2, 0.25) is 0 Å². The number of aromatic nitrogens is 1. The van der Waals surface area contributed by atoms with Gasteiger partial charge in [0.2, 0.25) is 0 Å². The molecule has 1 aliphatic heterocycles. The summed E-state index contributed by atoms with van der Waals surface area (Å²) in [5.74, 6) is 0.849. The summed E-state index contributed by atoms with van der Waals surface area (Å²) >= 11 is 0. The highest BCUT2D eigenvalue weighted by Gasteiger charge is 2.15. The fraction of sp³-hybridized carbons (Fsp3) is 0.533. The molecule has 0 spiro atoms. The Balaban J connectivity index is 1.76. The number of fused-ring (bicyclic) bond motifs is 1. The van der Waals surface area contributed by atoms with Crippen LogP contribution in [0.5, 0.6) is 5.75 Å². The minimum absolute atomic E-state index is 0.847. The van der Waals surface area contributed by atoms with Crippen LogP contribution in [-0.2, 0) is 6.42 Å². The van der Waals surface area contributed by atoms with Gasteiger partial charge in [0.1, 0.15) is 5.75 Å². The first-order valence-electron chi connectivity index (χ1n) is 7.14. The highest BCUT2D eigenvalue weighted by atomic mass is 16.5. The summed E-state index contributed by atoms with van der Waals surface area (Å²) in [5, 5.41) is 8.72. The quantitative estimate of drug-likeness (QED) is 0.918. The van der Waals surface area contributed by atoms with Gasteiger partial charge in [0.15, 0.2) is 5.58 Å². The molecule has 108 valence electrons. The number of hydrogen-bond acceptors (Lipinski definition) is 5. The predicted molar refractivity (Wildman–Crippen MR) is 78.3 cm³/mol. The summed E-state index contributed by atoms with van der Waals surface area (Å²) in [7, 11) is 1.68. The number of ether oxygens (including phenoxy) is 1. The summed E-state index contributed by atoms with van der Waals surface area (Å²) in [4.78, 5) is 2.47. The molecular formula is C15H21N3O2. The largest absolute Gasteiger partial charge is 0.496 e. The van der Waals surface area contributed by atoms with Gasteiger partial charge in [-0.2, -0.15) is 0 Å². The minimum atomic E-state index is 0.847. The van der Waals surface area contributed by atoms with Gasteiger partial charge < -0.3 is 19.5 Å². The molecule has 0 bridgehead atoms. The second-order valence-electron chi connectivity index (χ2n) is 5.24. The number of rotatable bonds is 4. The zero-order valence-electron chi connectivity index (χ0n) is 12.1. The van der Waals surface area contributed by atoms with Crippen LogP contribution < -0.4 is 10.1 Å². The van der Waals surface area contributed by atoms with Crippen molar-refractivity contribution in [1.82, 2.24) is 15.4 Å². The SMILES string of the molecule is COc1ccc2c(CCN3CCNCC3)noc2c1C. The van der Waals surface area contributed by atoms with Gasteiger partial charge in [0.05, 0.1) is 12.8 Å². The summed E-state index contributed by atoms with van der Waals surface area (Å²) in [6.45, 7) is 7.43. The standard InChI is InChI=1S/C15H21N3O2/c1-11-14(19-2)4-3-12-13(17-20-15(11)12)5-8-18-9-6-16-7-10-18/h3-4,16H,5-10H2,1-2H3.